The molecule has 0 fully saturated rings. The molecule has 1 heterocycles. The van der Waals surface area contributed by atoms with Crippen molar-refractivity contribution in [2.75, 3.05) is 0 Å². The highest BCUT2D eigenvalue weighted by Crippen LogP contribution is 2.32. The third kappa shape index (κ3) is 6.36. The van der Waals surface area contributed by atoms with Gasteiger partial charge in [-0.05, 0) is 60.7 Å². The second-order valence-corrected chi connectivity index (χ2v) is 8.56. The maximum absolute atomic E-state index is 12.7. The molecule has 0 saturated heterocycles. The zero-order valence-electron chi connectivity index (χ0n) is 16.8. The number of halogens is 2. The Morgan fingerprint density at radius 2 is 1.09 bits per heavy atom. The standard InChI is InChI=1S/C21H14F2O9S2/c22-33(24,25)31-17-9-5-15(6-10-17)28-21(20-13-14-3-1-2-4-19(14)30-20)29-16-7-11-18(12-8-16)32-34(23,26)27/h1-13,21H. The molecule has 4 aromatic rings. The van der Waals surface area contributed by atoms with Crippen molar-refractivity contribution in [1.29, 1.82) is 0 Å². The van der Waals surface area contributed by atoms with Crippen LogP contribution in [0.25, 0.3) is 11.0 Å². The maximum Gasteiger partial charge on any atom is 0.488 e. The van der Waals surface area contributed by atoms with Crippen LogP contribution < -0.4 is 17.8 Å². The molecule has 0 atom stereocenters. The molecule has 9 nitrogen and oxygen atoms in total. The predicted octanol–water partition coefficient (Wildman–Crippen LogP) is 4.78. The first-order chi connectivity index (χ1) is 16.0. The first-order valence-electron chi connectivity index (χ1n) is 9.34. The van der Waals surface area contributed by atoms with Crippen LogP contribution in [0.5, 0.6) is 23.0 Å². The first-order valence-corrected chi connectivity index (χ1v) is 12.0. The third-order valence-corrected chi connectivity index (χ3v) is 4.99. The van der Waals surface area contributed by atoms with E-state index in [0.29, 0.717) is 5.58 Å². The van der Waals surface area contributed by atoms with E-state index in [1.807, 2.05) is 12.1 Å². The molecule has 0 amide bonds. The van der Waals surface area contributed by atoms with Crippen molar-refractivity contribution in [2.45, 2.75) is 6.29 Å². The molecule has 0 N–H and O–H groups in total. The molecule has 0 aliphatic carbocycles. The van der Waals surface area contributed by atoms with E-state index in [2.05, 4.69) is 8.37 Å². The number of hydrogen-bond donors (Lipinski definition) is 0. The summed E-state index contributed by atoms with van der Waals surface area (Å²) in [5.74, 6) is 0.110. The Morgan fingerprint density at radius 1 is 0.647 bits per heavy atom. The zero-order valence-corrected chi connectivity index (χ0v) is 18.5. The predicted molar refractivity (Wildman–Crippen MR) is 114 cm³/mol. The van der Waals surface area contributed by atoms with E-state index < -0.39 is 27.3 Å². The van der Waals surface area contributed by atoms with E-state index >= 15 is 0 Å². The van der Waals surface area contributed by atoms with Gasteiger partial charge in [0.05, 0.1) is 0 Å². The van der Waals surface area contributed by atoms with Crippen LogP contribution in [0.4, 0.5) is 7.77 Å². The van der Waals surface area contributed by atoms with Crippen LogP contribution in [0.2, 0.25) is 0 Å². The largest absolute Gasteiger partial charge is 0.488 e. The van der Waals surface area contributed by atoms with Gasteiger partial charge in [-0.15, -0.1) is 0 Å². The molecular formula is C21H14F2O9S2. The number of furan rings is 1. The normalized spacial score (nSPS) is 12.0. The van der Waals surface area contributed by atoms with E-state index in [4.69, 9.17) is 13.9 Å². The molecule has 0 radical (unpaired) electrons. The molecule has 178 valence electrons. The van der Waals surface area contributed by atoms with Crippen molar-refractivity contribution in [3.8, 4) is 23.0 Å². The summed E-state index contributed by atoms with van der Waals surface area (Å²) >= 11 is 0. The van der Waals surface area contributed by atoms with Gasteiger partial charge in [0.25, 0.3) is 6.29 Å². The summed E-state index contributed by atoms with van der Waals surface area (Å²) in [5.41, 5.74) is 0.559. The number of benzene rings is 3. The minimum absolute atomic E-state index is 0.192. The molecule has 0 aliphatic heterocycles. The lowest BCUT2D eigenvalue weighted by molar-refractivity contribution is -0.0120. The summed E-state index contributed by atoms with van der Waals surface area (Å²) < 4.78 is 93.6. The highest BCUT2D eigenvalue weighted by Gasteiger charge is 2.21. The van der Waals surface area contributed by atoms with E-state index in [1.54, 1.807) is 18.2 Å². The van der Waals surface area contributed by atoms with Crippen molar-refractivity contribution in [3.05, 3.63) is 84.6 Å². The molecule has 0 saturated carbocycles. The van der Waals surface area contributed by atoms with Crippen molar-refractivity contribution >= 4 is 32.0 Å². The number of ether oxygens (including phenoxy) is 2. The monoisotopic (exact) mass is 512 g/mol. The van der Waals surface area contributed by atoms with Gasteiger partial charge in [0, 0.05) is 5.39 Å². The van der Waals surface area contributed by atoms with Gasteiger partial charge in [0.15, 0.2) is 5.76 Å². The zero-order chi connectivity index (χ0) is 24.3. The van der Waals surface area contributed by atoms with Crippen LogP contribution in [0, 0.1) is 0 Å². The lowest BCUT2D eigenvalue weighted by atomic mass is 10.2. The maximum atomic E-state index is 12.7. The minimum atomic E-state index is -5.18. The van der Waals surface area contributed by atoms with Gasteiger partial charge in [-0.3, -0.25) is 0 Å². The van der Waals surface area contributed by atoms with Crippen LogP contribution in [-0.2, 0) is 21.0 Å². The number of fused-ring (bicyclic) bond motifs is 1. The topological polar surface area (TPSA) is 118 Å². The lowest BCUT2D eigenvalue weighted by Crippen LogP contribution is -2.14. The molecular weight excluding hydrogens is 498 g/mol. The van der Waals surface area contributed by atoms with Gasteiger partial charge in [0.2, 0.25) is 0 Å². The van der Waals surface area contributed by atoms with Crippen LogP contribution in [0.1, 0.15) is 12.1 Å². The molecule has 4 rings (SSSR count). The van der Waals surface area contributed by atoms with E-state index in [0.717, 1.165) is 5.39 Å². The summed E-state index contributed by atoms with van der Waals surface area (Å²) in [6, 6.07) is 18.8. The molecule has 0 aliphatic rings. The van der Waals surface area contributed by atoms with Crippen molar-refractivity contribution in [2.24, 2.45) is 0 Å². The van der Waals surface area contributed by atoms with E-state index in [1.165, 1.54) is 48.5 Å². The van der Waals surface area contributed by atoms with Crippen LogP contribution in [0.3, 0.4) is 0 Å². The second-order valence-electron chi connectivity index (χ2n) is 6.65. The Balaban J connectivity index is 1.59. The molecule has 1 aromatic heterocycles. The van der Waals surface area contributed by atoms with E-state index in [-0.39, 0.29) is 28.8 Å². The minimum Gasteiger partial charge on any atom is -0.453 e. The highest BCUT2D eigenvalue weighted by atomic mass is 32.3. The van der Waals surface area contributed by atoms with Gasteiger partial charge in [0.1, 0.15) is 28.6 Å². The molecule has 13 heteroatoms. The van der Waals surface area contributed by atoms with Gasteiger partial charge in [-0.1, -0.05) is 26.0 Å². The van der Waals surface area contributed by atoms with Gasteiger partial charge in [-0.25, -0.2) is 0 Å². The number of para-hydroxylation sites is 1. The van der Waals surface area contributed by atoms with E-state index in [9.17, 15) is 24.6 Å². The Bertz CT molecular complexity index is 1390. The Hall–Kier alpha value is -3.84. The third-order valence-electron chi connectivity index (χ3n) is 4.20. The first kappa shape index (κ1) is 23.3. The Kier molecular flexibility index (Phi) is 6.30. The fourth-order valence-corrected chi connectivity index (χ4v) is 3.57. The highest BCUT2D eigenvalue weighted by molar-refractivity contribution is 7.82. The Morgan fingerprint density at radius 3 is 1.53 bits per heavy atom. The SMILES string of the molecule is O=S(=O)(F)Oc1ccc(OC(Oc2ccc(OS(=O)(=O)F)cc2)c2cc3ccccc3o2)cc1. The summed E-state index contributed by atoms with van der Waals surface area (Å²) in [7, 11) is -10.4. The van der Waals surface area contributed by atoms with Crippen LogP contribution >= 0.6 is 0 Å². The van der Waals surface area contributed by atoms with Crippen molar-refractivity contribution < 1.29 is 46.9 Å². The molecule has 3 aromatic carbocycles. The van der Waals surface area contributed by atoms with Crippen molar-refractivity contribution in [1.82, 2.24) is 0 Å². The summed E-state index contributed by atoms with van der Waals surface area (Å²) in [5, 5.41) is 0.767. The fourth-order valence-electron chi connectivity index (χ4n) is 2.88. The molecule has 0 spiro atoms. The molecule has 0 unspecified atom stereocenters. The second kappa shape index (κ2) is 9.19. The number of rotatable bonds is 9. The smallest absolute Gasteiger partial charge is 0.453 e. The van der Waals surface area contributed by atoms with Crippen molar-refractivity contribution in [3.63, 3.8) is 0 Å². The Labute approximate surface area is 192 Å². The average molecular weight is 512 g/mol. The quantitative estimate of drug-likeness (QED) is 0.231. The van der Waals surface area contributed by atoms with Gasteiger partial charge < -0.3 is 22.3 Å². The molecule has 34 heavy (non-hydrogen) atoms. The summed E-state index contributed by atoms with van der Waals surface area (Å²) in [6.07, 6.45) is -1.17. The van der Waals surface area contributed by atoms with Crippen LogP contribution in [-0.4, -0.2) is 16.8 Å². The van der Waals surface area contributed by atoms with Gasteiger partial charge in [-0.2, -0.15) is 16.8 Å². The molecule has 0 bridgehead atoms. The fraction of sp³-hybridized carbons (Fsp3) is 0.0476. The van der Waals surface area contributed by atoms with Crippen LogP contribution in [0.15, 0.2) is 83.3 Å². The van der Waals surface area contributed by atoms with Gasteiger partial charge >= 0.3 is 21.0 Å². The lowest BCUT2D eigenvalue weighted by Gasteiger charge is -2.19. The summed E-state index contributed by atoms with van der Waals surface area (Å²) in [6.45, 7) is 0. The average Bonchev–Trinajstić information content (AvgIpc) is 3.18. The summed E-state index contributed by atoms with van der Waals surface area (Å²) in [4.78, 5) is 0. The number of hydrogen-bond acceptors (Lipinski definition) is 9.